The fourth-order valence-electron chi connectivity index (χ4n) is 12.2. The van der Waals surface area contributed by atoms with Crippen molar-refractivity contribution in [2.24, 2.45) is 0 Å². The number of fused-ring (bicyclic) bond motifs is 13. The van der Waals surface area contributed by atoms with Crippen molar-refractivity contribution >= 4 is 76.5 Å². The molecule has 0 saturated heterocycles. The Balaban J connectivity index is 0.00000552. The number of nitrogens with zero attached hydrogens (tertiary/aromatic N) is 6. The first kappa shape index (κ1) is 47.2. The van der Waals surface area contributed by atoms with Crippen molar-refractivity contribution in [1.82, 2.24) is 23.3 Å². The largest absolute Gasteiger partial charge is 0.510 e. The first-order chi connectivity index (χ1) is 39.2. The van der Waals surface area contributed by atoms with Gasteiger partial charge in [-0.3, -0.25) is 4.57 Å². The first-order valence-corrected chi connectivity index (χ1v) is 26.6. The Hall–Kier alpha value is -10.1. The number of benzene rings is 11. The van der Waals surface area contributed by atoms with E-state index in [1.54, 1.807) is 0 Å². The van der Waals surface area contributed by atoms with E-state index in [4.69, 9.17) is 9.72 Å². The number of hydrogen-bond donors (Lipinski definition) is 0. The molecule has 0 bridgehead atoms. The summed E-state index contributed by atoms with van der Waals surface area (Å²) in [5.41, 5.74) is 16.7. The molecule has 0 fully saturated rings. The number of imidazole rings is 1. The van der Waals surface area contributed by atoms with Crippen molar-refractivity contribution < 1.29 is 30.4 Å². The molecule has 0 radical (unpaired) electrons. The molecule has 0 aliphatic carbocycles. The molecule has 16 rings (SSSR count). The third-order valence-electron chi connectivity index (χ3n) is 15.4. The number of ether oxygens (including phenoxy) is 1. The molecular weight excluding hydrogens is 1160 g/mol. The Morgan fingerprint density at radius 3 is 1.55 bits per heavy atom. The van der Waals surface area contributed by atoms with Crippen LogP contribution in [0.15, 0.2) is 267 Å². The molecule has 16 aromatic rings. The molecule has 0 aliphatic heterocycles. The van der Waals surface area contributed by atoms with Gasteiger partial charge < -0.3 is 23.0 Å². The van der Waals surface area contributed by atoms with Gasteiger partial charge in [0.1, 0.15) is 5.82 Å². The molecular formula is C72H44N6OPt-2. The SMILES string of the molecule is [Pt].[c-]1c(Oc2[c-]c3c(cc2)c2c(c4c(c5ccccc5n4-c4ccccc4)c4c5ccccc5n(-c5ccccc5)c42)n3-c2ccccn2)cccc1-[n+]1[c-]n(-c2c(-c3ccccc3)cccc2-c2ccccc2)c2ccccc21. The van der Waals surface area contributed by atoms with E-state index in [2.05, 4.69) is 278 Å². The normalized spacial score (nSPS) is 11.7. The van der Waals surface area contributed by atoms with Gasteiger partial charge in [-0.2, -0.15) is 18.2 Å². The van der Waals surface area contributed by atoms with Crippen LogP contribution < -0.4 is 9.30 Å². The van der Waals surface area contributed by atoms with Gasteiger partial charge in [-0.25, -0.2) is 4.98 Å². The van der Waals surface area contributed by atoms with Gasteiger partial charge in [0, 0.05) is 71.7 Å². The zero-order chi connectivity index (χ0) is 52.0. The van der Waals surface area contributed by atoms with Crippen LogP contribution in [0.5, 0.6) is 11.5 Å². The van der Waals surface area contributed by atoms with Crippen LogP contribution in [0, 0.1) is 18.5 Å². The van der Waals surface area contributed by atoms with Gasteiger partial charge in [0.15, 0.2) is 0 Å². The Morgan fingerprint density at radius 1 is 0.388 bits per heavy atom. The predicted octanol–water partition coefficient (Wildman–Crippen LogP) is 17.1. The van der Waals surface area contributed by atoms with Crippen LogP contribution in [-0.4, -0.2) is 23.3 Å². The second-order valence-corrected chi connectivity index (χ2v) is 19.9. The summed E-state index contributed by atoms with van der Waals surface area (Å²) in [5, 5.41) is 6.82. The van der Waals surface area contributed by atoms with Gasteiger partial charge in [0.2, 0.25) is 0 Å². The molecule has 0 spiro atoms. The molecule has 11 aromatic carbocycles. The quantitative estimate of drug-likeness (QED) is 0.107. The van der Waals surface area contributed by atoms with Gasteiger partial charge in [0.05, 0.1) is 44.3 Å². The summed E-state index contributed by atoms with van der Waals surface area (Å²) in [4.78, 5) is 5.11. The fraction of sp³-hybridized carbons (Fsp3) is 0. The standard InChI is InChI=1S/C72H44N6O.Pt/c1-5-23-48(24-6-1)55-35-22-36-56(49-25-7-2-8-26-49)69(55)75-47-74(62-39-17-18-40-63(62)75)52-31-21-32-53(45-52)79-54-42-43-59-64(46-54)78(65-41-19-20-44-73-65)72-68(59)70-66(57-33-13-15-37-60(57)76(70)50-27-9-3-10-28-50)67-58-34-14-16-38-61(58)77(71(67)72)51-29-11-4-12-30-51;/h1-44H;/q-2;. The van der Waals surface area contributed by atoms with Crippen LogP contribution in [0.3, 0.4) is 0 Å². The van der Waals surface area contributed by atoms with E-state index in [1.807, 2.05) is 30.5 Å². The monoisotopic (exact) mass is 1200 g/mol. The maximum absolute atomic E-state index is 6.96. The van der Waals surface area contributed by atoms with Crippen molar-refractivity contribution in [2.75, 3.05) is 0 Å². The van der Waals surface area contributed by atoms with Gasteiger partial charge >= 0.3 is 0 Å². The summed E-state index contributed by atoms with van der Waals surface area (Å²) in [6, 6.07) is 99.1. The Bertz CT molecular complexity index is 4970. The summed E-state index contributed by atoms with van der Waals surface area (Å²) in [7, 11) is 0. The minimum absolute atomic E-state index is 0. The molecule has 0 saturated carbocycles. The smallest absolute Gasteiger partial charge is 0.268 e. The van der Waals surface area contributed by atoms with Crippen LogP contribution in [-0.2, 0) is 21.1 Å². The molecule has 380 valence electrons. The molecule has 0 amide bonds. The maximum Gasteiger partial charge on any atom is 0.268 e. The van der Waals surface area contributed by atoms with Crippen molar-refractivity contribution in [3.05, 3.63) is 286 Å². The Morgan fingerprint density at radius 2 is 0.912 bits per heavy atom. The minimum Gasteiger partial charge on any atom is -0.510 e. The van der Waals surface area contributed by atoms with E-state index in [9.17, 15) is 0 Å². The molecule has 5 heterocycles. The molecule has 8 heteroatoms. The fourth-order valence-corrected chi connectivity index (χ4v) is 12.2. The minimum atomic E-state index is 0. The number of rotatable bonds is 9. The number of hydrogen-bond acceptors (Lipinski definition) is 2. The van der Waals surface area contributed by atoms with E-state index < -0.39 is 0 Å². The van der Waals surface area contributed by atoms with Crippen LogP contribution in [0.2, 0.25) is 0 Å². The van der Waals surface area contributed by atoms with Crippen molar-refractivity contribution in [3.8, 4) is 62.3 Å². The average Bonchev–Trinajstić information content (AvgIpc) is 4.45. The number of aromatic nitrogens is 6. The summed E-state index contributed by atoms with van der Waals surface area (Å²) in [6.45, 7) is 0. The molecule has 0 aliphatic rings. The first-order valence-electron chi connectivity index (χ1n) is 26.6. The Kier molecular flexibility index (Phi) is 11.3. The van der Waals surface area contributed by atoms with E-state index in [-0.39, 0.29) is 21.1 Å². The number of para-hydroxylation sites is 7. The van der Waals surface area contributed by atoms with E-state index in [0.29, 0.717) is 11.5 Å². The van der Waals surface area contributed by atoms with E-state index >= 15 is 0 Å². The third-order valence-corrected chi connectivity index (χ3v) is 15.4. The van der Waals surface area contributed by atoms with Crippen LogP contribution in [0.4, 0.5) is 0 Å². The van der Waals surface area contributed by atoms with Crippen molar-refractivity contribution in [3.63, 3.8) is 0 Å². The topological polar surface area (TPSA) is 45.7 Å². The predicted molar refractivity (Wildman–Crippen MR) is 320 cm³/mol. The molecule has 80 heavy (non-hydrogen) atoms. The second-order valence-electron chi connectivity index (χ2n) is 19.9. The molecule has 5 aromatic heterocycles. The summed E-state index contributed by atoms with van der Waals surface area (Å²) in [5.74, 6) is 1.85. The van der Waals surface area contributed by atoms with Crippen LogP contribution in [0.25, 0.3) is 127 Å². The summed E-state index contributed by atoms with van der Waals surface area (Å²) >= 11 is 0. The molecule has 0 atom stereocenters. The zero-order valence-corrected chi connectivity index (χ0v) is 45.1. The van der Waals surface area contributed by atoms with E-state index in [0.717, 1.165) is 106 Å². The number of pyridine rings is 1. The van der Waals surface area contributed by atoms with Gasteiger partial charge in [-0.1, -0.05) is 193 Å². The molecule has 7 nitrogen and oxygen atoms in total. The third kappa shape index (κ3) is 7.32. The van der Waals surface area contributed by atoms with Crippen LogP contribution >= 0.6 is 0 Å². The van der Waals surface area contributed by atoms with E-state index in [1.165, 1.54) is 21.5 Å². The van der Waals surface area contributed by atoms with Gasteiger partial charge in [0.25, 0.3) is 6.33 Å². The van der Waals surface area contributed by atoms with Crippen molar-refractivity contribution in [1.29, 1.82) is 0 Å². The Labute approximate surface area is 474 Å². The van der Waals surface area contributed by atoms with Gasteiger partial charge in [-0.05, 0) is 81.9 Å². The second kappa shape index (κ2) is 19.1. The maximum atomic E-state index is 6.96. The average molecular weight is 1200 g/mol. The van der Waals surface area contributed by atoms with Gasteiger partial charge in [-0.15, -0.1) is 24.3 Å². The summed E-state index contributed by atoms with van der Waals surface area (Å²) < 4.78 is 18.4. The summed E-state index contributed by atoms with van der Waals surface area (Å²) in [6.07, 6.45) is 5.67. The zero-order valence-electron chi connectivity index (χ0n) is 42.8. The van der Waals surface area contributed by atoms with Crippen LogP contribution in [0.1, 0.15) is 0 Å². The van der Waals surface area contributed by atoms with Crippen molar-refractivity contribution in [2.45, 2.75) is 0 Å². The molecule has 0 unspecified atom stereocenters. The molecule has 0 N–H and O–H groups in total.